The lowest BCUT2D eigenvalue weighted by atomic mass is 9.96. The maximum atomic E-state index is 12.8. The molecule has 0 aliphatic carbocycles. The van der Waals surface area contributed by atoms with Gasteiger partial charge in [0, 0.05) is 18.7 Å². The number of carbonyl (C=O) groups excluding carboxylic acids is 2. The number of anilines is 1. The third-order valence-electron chi connectivity index (χ3n) is 4.54. The second kappa shape index (κ2) is 7.87. The van der Waals surface area contributed by atoms with Gasteiger partial charge in [-0.1, -0.05) is 28.8 Å². The summed E-state index contributed by atoms with van der Waals surface area (Å²) >= 11 is 5.76. The second-order valence-corrected chi connectivity index (χ2v) is 7.21. The van der Waals surface area contributed by atoms with Crippen molar-refractivity contribution in [3.8, 4) is 0 Å². The summed E-state index contributed by atoms with van der Waals surface area (Å²) in [5, 5.41) is 3.24. The summed E-state index contributed by atoms with van der Waals surface area (Å²) in [6.07, 6.45) is 3.11. The molecule has 5 nitrogen and oxygen atoms in total. The molecule has 1 saturated heterocycles. The van der Waals surface area contributed by atoms with Crippen LogP contribution in [0.1, 0.15) is 34.3 Å². The molecule has 2 aromatic rings. The fourth-order valence-electron chi connectivity index (χ4n) is 3.35. The number of amides is 2. The summed E-state index contributed by atoms with van der Waals surface area (Å²) < 4.78 is 0. The zero-order chi connectivity index (χ0) is 18.7. The van der Waals surface area contributed by atoms with Gasteiger partial charge in [0.15, 0.2) is 0 Å². The van der Waals surface area contributed by atoms with E-state index in [9.17, 15) is 9.59 Å². The quantitative estimate of drug-likeness (QED) is 0.834. The van der Waals surface area contributed by atoms with E-state index in [4.69, 9.17) is 11.6 Å². The van der Waals surface area contributed by atoms with E-state index in [1.54, 1.807) is 17.0 Å². The van der Waals surface area contributed by atoms with E-state index in [-0.39, 0.29) is 17.7 Å². The predicted molar refractivity (Wildman–Crippen MR) is 102 cm³/mol. The molecule has 1 aliphatic rings. The number of hydrogen-bond donors (Lipinski definition) is 1. The van der Waals surface area contributed by atoms with Crippen LogP contribution in [-0.2, 0) is 4.79 Å². The van der Waals surface area contributed by atoms with Crippen LogP contribution >= 0.6 is 11.6 Å². The van der Waals surface area contributed by atoms with E-state index in [1.165, 1.54) is 6.20 Å². The van der Waals surface area contributed by atoms with E-state index in [0.29, 0.717) is 29.5 Å². The smallest absolute Gasteiger partial charge is 0.253 e. The van der Waals surface area contributed by atoms with Crippen molar-refractivity contribution >= 4 is 29.1 Å². The molecule has 2 amide bonds. The SMILES string of the molecule is Cc1cc(C)cc(C(=O)N2CCCC(C(=O)Nc3ccc(Cl)nc3)C2)c1. The summed E-state index contributed by atoms with van der Waals surface area (Å²) in [6.45, 7) is 5.07. The number of rotatable bonds is 3. The van der Waals surface area contributed by atoms with Gasteiger partial charge in [0.05, 0.1) is 17.8 Å². The zero-order valence-corrected chi connectivity index (χ0v) is 15.7. The van der Waals surface area contributed by atoms with Gasteiger partial charge in [-0.25, -0.2) is 4.98 Å². The molecule has 1 fully saturated rings. The molecule has 6 heteroatoms. The van der Waals surface area contributed by atoms with Gasteiger partial charge >= 0.3 is 0 Å². The first kappa shape index (κ1) is 18.4. The van der Waals surface area contributed by atoms with Crippen LogP contribution in [0.4, 0.5) is 5.69 Å². The maximum Gasteiger partial charge on any atom is 0.253 e. The predicted octanol–water partition coefficient (Wildman–Crippen LogP) is 3.84. The molecule has 1 aromatic carbocycles. The standard InChI is InChI=1S/C20H22ClN3O2/c1-13-8-14(2)10-16(9-13)20(26)24-7-3-4-15(12-24)19(25)23-17-5-6-18(21)22-11-17/h5-6,8-11,15H,3-4,7,12H2,1-2H3,(H,23,25). The maximum absolute atomic E-state index is 12.8. The molecule has 1 aliphatic heterocycles. The molecule has 1 N–H and O–H groups in total. The van der Waals surface area contributed by atoms with Crippen LogP contribution in [0.2, 0.25) is 5.15 Å². The molecule has 0 radical (unpaired) electrons. The van der Waals surface area contributed by atoms with Crippen molar-refractivity contribution in [3.63, 3.8) is 0 Å². The third-order valence-corrected chi connectivity index (χ3v) is 4.77. The zero-order valence-electron chi connectivity index (χ0n) is 15.0. The third kappa shape index (κ3) is 4.41. The summed E-state index contributed by atoms with van der Waals surface area (Å²) in [4.78, 5) is 31.1. The highest BCUT2D eigenvalue weighted by Gasteiger charge is 2.29. The van der Waals surface area contributed by atoms with Crippen molar-refractivity contribution < 1.29 is 9.59 Å². The first-order valence-electron chi connectivity index (χ1n) is 8.72. The minimum absolute atomic E-state index is 0.0116. The second-order valence-electron chi connectivity index (χ2n) is 6.83. The number of nitrogens with zero attached hydrogens (tertiary/aromatic N) is 2. The number of piperidine rings is 1. The van der Waals surface area contributed by atoms with Crippen LogP contribution in [0.5, 0.6) is 0 Å². The number of nitrogens with one attached hydrogen (secondary N) is 1. The highest BCUT2D eigenvalue weighted by atomic mass is 35.5. The molecule has 1 atom stereocenters. The Morgan fingerprint density at radius 1 is 1.19 bits per heavy atom. The Kier molecular flexibility index (Phi) is 5.57. The Balaban J connectivity index is 1.67. The van der Waals surface area contributed by atoms with Crippen molar-refractivity contribution in [2.45, 2.75) is 26.7 Å². The number of aromatic nitrogens is 1. The highest BCUT2D eigenvalue weighted by Crippen LogP contribution is 2.21. The van der Waals surface area contributed by atoms with Crippen LogP contribution in [0, 0.1) is 19.8 Å². The van der Waals surface area contributed by atoms with E-state index in [0.717, 1.165) is 24.0 Å². The molecular weight excluding hydrogens is 350 g/mol. The number of benzene rings is 1. The number of likely N-dealkylation sites (tertiary alicyclic amines) is 1. The van der Waals surface area contributed by atoms with Crippen LogP contribution < -0.4 is 5.32 Å². The number of carbonyl (C=O) groups is 2. The van der Waals surface area contributed by atoms with Crippen molar-refractivity contribution in [1.29, 1.82) is 0 Å². The lowest BCUT2D eigenvalue weighted by Crippen LogP contribution is -2.43. The fourth-order valence-corrected chi connectivity index (χ4v) is 3.46. The summed E-state index contributed by atoms with van der Waals surface area (Å²) in [7, 11) is 0. The Morgan fingerprint density at radius 2 is 1.92 bits per heavy atom. The monoisotopic (exact) mass is 371 g/mol. The molecule has 2 heterocycles. The number of halogens is 1. The molecule has 3 rings (SSSR count). The number of hydrogen-bond acceptors (Lipinski definition) is 3. The summed E-state index contributed by atoms with van der Waals surface area (Å²) in [5.74, 6) is -0.330. The minimum atomic E-state index is -0.228. The average molecular weight is 372 g/mol. The van der Waals surface area contributed by atoms with Crippen molar-refractivity contribution in [2.75, 3.05) is 18.4 Å². The number of pyridine rings is 1. The molecule has 0 saturated carbocycles. The van der Waals surface area contributed by atoms with Gasteiger partial charge in [-0.15, -0.1) is 0 Å². The Bertz CT molecular complexity index is 800. The van der Waals surface area contributed by atoms with Gasteiger partial charge in [-0.05, 0) is 51.0 Å². The van der Waals surface area contributed by atoms with E-state index < -0.39 is 0 Å². The van der Waals surface area contributed by atoms with Crippen molar-refractivity contribution in [2.24, 2.45) is 5.92 Å². The van der Waals surface area contributed by atoms with Crippen molar-refractivity contribution in [1.82, 2.24) is 9.88 Å². The van der Waals surface area contributed by atoms with E-state index in [1.807, 2.05) is 32.0 Å². The van der Waals surface area contributed by atoms with Crippen molar-refractivity contribution in [3.05, 3.63) is 58.4 Å². The molecule has 0 bridgehead atoms. The van der Waals surface area contributed by atoms with Crippen LogP contribution in [-0.4, -0.2) is 34.8 Å². The molecule has 1 aromatic heterocycles. The summed E-state index contributed by atoms with van der Waals surface area (Å²) in [6, 6.07) is 9.20. The normalized spacial score (nSPS) is 17.0. The van der Waals surface area contributed by atoms with Crippen LogP contribution in [0.3, 0.4) is 0 Å². The minimum Gasteiger partial charge on any atom is -0.338 e. The average Bonchev–Trinajstić information content (AvgIpc) is 2.62. The molecule has 0 spiro atoms. The van der Waals surface area contributed by atoms with Crippen LogP contribution in [0.25, 0.3) is 0 Å². The fraction of sp³-hybridized carbons (Fsp3) is 0.350. The van der Waals surface area contributed by atoms with Gasteiger partial charge in [0.2, 0.25) is 5.91 Å². The molecular formula is C20H22ClN3O2. The van der Waals surface area contributed by atoms with Gasteiger partial charge in [0.1, 0.15) is 5.15 Å². The van der Waals surface area contributed by atoms with Gasteiger partial charge in [-0.2, -0.15) is 0 Å². The van der Waals surface area contributed by atoms with Crippen LogP contribution in [0.15, 0.2) is 36.5 Å². The Hall–Kier alpha value is -2.40. The lowest BCUT2D eigenvalue weighted by Gasteiger charge is -2.32. The van der Waals surface area contributed by atoms with Gasteiger partial charge < -0.3 is 10.2 Å². The Labute approximate surface area is 158 Å². The topological polar surface area (TPSA) is 62.3 Å². The van der Waals surface area contributed by atoms with Gasteiger partial charge in [-0.3, -0.25) is 9.59 Å². The first-order valence-corrected chi connectivity index (χ1v) is 9.10. The van der Waals surface area contributed by atoms with E-state index in [2.05, 4.69) is 10.3 Å². The molecule has 136 valence electrons. The lowest BCUT2D eigenvalue weighted by molar-refractivity contribution is -0.121. The summed E-state index contributed by atoms with van der Waals surface area (Å²) in [5.41, 5.74) is 3.42. The largest absolute Gasteiger partial charge is 0.338 e. The molecule has 1 unspecified atom stereocenters. The molecule has 26 heavy (non-hydrogen) atoms. The highest BCUT2D eigenvalue weighted by molar-refractivity contribution is 6.29. The number of aryl methyl sites for hydroxylation is 2. The first-order chi connectivity index (χ1) is 12.4. The Morgan fingerprint density at radius 3 is 2.58 bits per heavy atom. The van der Waals surface area contributed by atoms with E-state index >= 15 is 0 Å². The van der Waals surface area contributed by atoms with Gasteiger partial charge in [0.25, 0.3) is 5.91 Å².